The molecule has 3 N–H and O–H groups in total. The molecule has 1 aromatic rings. The first-order valence-electron chi connectivity index (χ1n) is 4.63. The Morgan fingerprint density at radius 2 is 2.20 bits per heavy atom. The van der Waals surface area contributed by atoms with Crippen LogP contribution in [0.15, 0.2) is 12.4 Å². The summed E-state index contributed by atoms with van der Waals surface area (Å²) in [6.45, 7) is 1.88. The second kappa shape index (κ2) is 5.79. The van der Waals surface area contributed by atoms with E-state index in [0.29, 0.717) is 6.54 Å². The molecule has 0 amide bonds. The maximum atomic E-state index is 10.6. The van der Waals surface area contributed by atoms with E-state index in [0.717, 1.165) is 19.5 Å². The first kappa shape index (κ1) is 12.1. The van der Waals surface area contributed by atoms with Crippen molar-refractivity contribution in [1.29, 1.82) is 0 Å². The van der Waals surface area contributed by atoms with Crippen molar-refractivity contribution in [2.75, 3.05) is 18.8 Å². The fourth-order valence-corrected chi connectivity index (χ4v) is 1.49. The van der Waals surface area contributed by atoms with E-state index in [4.69, 9.17) is 5.14 Å². The van der Waals surface area contributed by atoms with Gasteiger partial charge in [-0.15, -0.1) is 5.10 Å². The molecule has 0 spiro atoms. The Labute approximate surface area is 88.7 Å². The van der Waals surface area contributed by atoms with E-state index in [1.165, 1.54) is 0 Å². The fraction of sp³-hybridized carbons (Fsp3) is 0.714. The summed E-state index contributed by atoms with van der Waals surface area (Å²) >= 11 is 0. The summed E-state index contributed by atoms with van der Waals surface area (Å²) in [7, 11) is -3.34. The van der Waals surface area contributed by atoms with Gasteiger partial charge >= 0.3 is 0 Å². The molecule has 1 rings (SSSR count). The van der Waals surface area contributed by atoms with Gasteiger partial charge in [-0.3, -0.25) is 4.68 Å². The minimum absolute atomic E-state index is 0.0314. The van der Waals surface area contributed by atoms with Gasteiger partial charge in [0.15, 0.2) is 0 Å². The molecule has 0 aliphatic carbocycles. The number of aryl methyl sites for hydroxylation is 1. The smallest absolute Gasteiger partial charge is 0.210 e. The molecule has 0 aromatic carbocycles. The van der Waals surface area contributed by atoms with Crippen LogP contribution in [0, 0.1) is 0 Å². The molecule has 8 heteroatoms. The molecule has 1 heterocycles. The van der Waals surface area contributed by atoms with E-state index in [1.807, 2.05) is 0 Å². The summed E-state index contributed by atoms with van der Waals surface area (Å²) in [6.07, 6.45) is 4.27. The molecule has 0 atom stereocenters. The van der Waals surface area contributed by atoms with Crippen LogP contribution < -0.4 is 10.5 Å². The minimum Gasteiger partial charge on any atom is -0.316 e. The molecule has 0 aliphatic rings. The van der Waals surface area contributed by atoms with Crippen LogP contribution in [0.4, 0.5) is 0 Å². The number of nitrogens with two attached hydrogens (primary N) is 1. The first-order chi connectivity index (χ1) is 7.08. The second-order valence-corrected chi connectivity index (χ2v) is 4.87. The molecular weight excluding hydrogens is 218 g/mol. The molecule has 7 nitrogen and oxygen atoms in total. The molecule has 0 bridgehead atoms. The van der Waals surface area contributed by atoms with E-state index in [2.05, 4.69) is 15.6 Å². The number of nitrogens with one attached hydrogen (secondary N) is 1. The van der Waals surface area contributed by atoms with Crippen molar-refractivity contribution >= 4 is 10.0 Å². The molecule has 0 saturated carbocycles. The number of nitrogens with zero attached hydrogens (tertiary/aromatic N) is 3. The highest BCUT2D eigenvalue weighted by Gasteiger charge is 2.00. The summed E-state index contributed by atoms with van der Waals surface area (Å²) < 4.78 is 22.9. The largest absolute Gasteiger partial charge is 0.316 e. The van der Waals surface area contributed by atoms with Crippen LogP contribution >= 0.6 is 0 Å². The van der Waals surface area contributed by atoms with Crippen molar-refractivity contribution in [2.45, 2.75) is 13.0 Å². The Kier molecular flexibility index (Phi) is 4.66. The third kappa shape index (κ3) is 6.15. The zero-order valence-electron chi connectivity index (χ0n) is 8.33. The lowest BCUT2D eigenvalue weighted by Gasteiger charge is -2.03. The molecular formula is C7H15N5O2S. The van der Waals surface area contributed by atoms with Crippen molar-refractivity contribution in [3.8, 4) is 0 Å². The molecule has 15 heavy (non-hydrogen) atoms. The average Bonchev–Trinajstić information content (AvgIpc) is 2.61. The highest BCUT2D eigenvalue weighted by atomic mass is 32.2. The van der Waals surface area contributed by atoms with E-state index in [9.17, 15) is 8.42 Å². The van der Waals surface area contributed by atoms with Crippen LogP contribution in [0.25, 0.3) is 0 Å². The van der Waals surface area contributed by atoms with Crippen LogP contribution in [0.3, 0.4) is 0 Å². The van der Waals surface area contributed by atoms with E-state index < -0.39 is 10.0 Å². The number of hydrogen-bond donors (Lipinski definition) is 2. The Morgan fingerprint density at radius 1 is 1.40 bits per heavy atom. The first-order valence-corrected chi connectivity index (χ1v) is 6.35. The van der Waals surface area contributed by atoms with Crippen LogP contribution in [-0.2, 0) is 16.6 Å². The quantitative estimate of drug-likeness (QED) is 0.561. The maximum Gasteiger partial charge on any atom is 0.210 e. The third-order valence-corrected chi connectivity index (χ3v) is 2.55. The number of hydrogen-bond acceptors (Lipinski definition) is 5. The lowest BCUT2D eigenvalue weighted by atomic mass is 10.4. The SMILES string of the molecule is NS(=O)(=O)CCNCCCn1ccnn1. The van der Waals surface area contributed by atoms with E-state index in [-0.39, 0.29) is 5.75 Å². The van der Waals surface area contributed by atoms with Gasteiger partial charge in [0.2, 0.25) is 10.0 Å². The number of primary sulfonamides is 1. The fourth-order valence-electron chi connectivity index (χ4n) is 1.06. The zero-order chi connectivity index (χ0) is 11.1. The second-order valence-electron chi connectivity index (χ2n) is 3.14. The summed E-state index contributed by atoms with van der Waals surface area (Å²) in [5, 5.41) is 15.3. The normalized spacial score (nSPS) is 11.8. The monoisotopic (exact) mass is 233 g/mol. The average molecular weight is 233 g/mol. The van der Waals surface area contributed by atoms with Crippen molar-refractivity contribution in [2.24, 2.45) is 5.14 Å². The lowest BCUT2D eigenvalue weighted by Crippen LogP contribution is -2.28. The molecule has 0 saturated heterocycles. The number of aromatic nitrogens is 3. The van der Waals surface area contributed by atoms with E-state index >= 15 is 0 Å². The van der Waals surface area contributed by atoms with Crippen LogP contribution in [0.2, 0.25) is 0 Å². The van der Waals surface area contributed by atoms with Crippen molar-refractivity contribution in [1.82, 2.24) is 20.3 Å². The van der Waals surface area contributed by atoms with E-state index in [1.54, 1.807) is 17.1 Å². The molecule has 0 fully saturated rings. The van der Waals surface area contributed by atoms with Crippen molar-refractivity contribution < 1.29 is 8.42 Å². The van der Waals surface area contributed by atoms with Gasteiger partial charge in [0.05, 0.1) is 11.9 Å². The predicted molar refractivity (Wildman–Crippen MR) is 55.5 cm³/mol. The van der Waals surface area contributed by atoms with Gasteiger partial charge in [0.25, 0.3) is 0 Å². The number of rotatable bonds is 7. The zero-order valence-corrected chi connectivity index (χ0v) is 9.15. The molecule has 0 aliphatic heterocycles. The Balaban J connectivity index is 1.99. The summed E-state index contributed by atoms with van der Waals surface area (Å²) in [4.78, 5) is 0. The van der Waals surface area contributed by atoms with Crippen LogP contribution in [-0.4, -0.2) is 42.3 Å². The Bertz CT molecular complexity index is 361. The van der Waals surface area contributed by atoms with Gasteiger partial charge in [0, 0.05) is 19.3 Å². The highest BCUT2D eigenvalue weighted by molar-refractivity contribution is 7.89. The van der Waals surface area contributed by atoms with Gasteiger partial charge in [-0.05, 0) is 13.0 Å². The summed E-state index contributed by atoms with van der Waals surface area (Å²) in [5.74, 6) is -0.0314. The van der Waals surface area contributed by atoms with Gasteiger partial charge in [-0.25, -0.2) is 13.6 Å². The molecule has 1 aromatic heterocycles. The third-order valence-electron chi connectivity index (χ3n) is 1.78. The van der Waals surface area contributed by atoms with Gasteiger partial charge < -0.3 is 5.32 Å². The topological polar surface area (TPSA) is 103 Å². The standard InChI is InChI=1S/C7H15N5O2S/c8-15(13,14)7-4-9-2-1-5-12-6-3-10-11-12/h3,6,9H,1-2,4-5,7H2,(H2,8,13,14). The Morgan fingerprint density at radius 3 is 2.80 bits per heavy atom. The maximum absolute atomic E-state index is 10.6. The molecule has 0 radical (unpaired) electrons. The summed E-state index contributed by atoms with van der Waals surface area (Å²) in [5.41, 5.74) is 0. The predicted octanol–water partition coefficient (Wildman–Crippen LogP) is -1.45. The minimum atomic E-state index is -3.34. The highest BCUT2D eigenvalue weighted by Crippen LogP contribution is 1.85. The van der Waals surface area contributed by atoms with Gasteiger partial charge in [-0.1, -0.05) is 5.21 Å². The van der Waals surface area contributed by atoms with Crippen LogP contribution in [0.1, 0.15) is 6.42 Å². The Hall–Kier alpha value is -0.990. The lowest BCUT2D eigenvalue weighted by molar-refractivity contribution is 0.534. The van der Waals surface area contributed by atoms with Crippen LogP contribution in [0.5, 0.6) is 0 Å². The van der Waals surface area contributed by atoms with Crippen molar-refractivity contribution in [3.05, 3.63) is 12.4 Å². The summed E-state index contributed by atoms with van der Waals surface area (Å²) in [6, 6.07) is 0. The molecule has 86 valence electrons. The van der Waals surface area contributed by atoms with Crippen molar-refractivity contribution in [3.63, 3.8) is 0 Å². The van der Waals surface area contributed by atoms with Gasteiger partial charge in [-0.2, -0.15) is 0 Å². The van der Waals surface area contributed by atoms with Gasteiger partial charge in [0.1, 0.15) is 0 Å². The number of sulfonamides is 1. The molecule has 0 unspecified atom stereocenters.